The Bertz CT molecular complexity index is 485. The van der Waals surface area contributed by atoms with Crippen molar-refractivity contribution in [1.82, 2.24) is 4.90 Å². The van der Waals surface area contributed by atoms with Gasteiger partial charge >= 0.3 is 0 Å². The highest BCUT2D eigenvalue weighted by atomic mass is 16.5. The van der Waals surface area contributed by atoms with Gasteiger partial charge in [0, 0.05) is 26.5 Å². The quantitative estimate of drug-likeness (QED) is 0.793. The zero-order valence-electron chi connectivity index (χ0n) is 15.8. The van der Waals surface area contributed by atoms with Gasteiger partial charge in [0.1, 0.15) is 0 Å². The number of amides is 1. The molecule has 0 aliphatic carbocycles. The molecule has 1 saturated heterocycles. The van der Waals surface area contributed by atoms with Crippen molar-refractivity contribution in [2.75, 3.05) is 20.8 Å². The number of ether oxygens (including phenoxy) is 2. The van der Waals surface area contributed by atoms with Crippen LogP contribution in [-0.4, -0.2) is 43.3 Å². The summed E-state index contributed by atoms with van der Waals surface area (Å²) >= 11 is 0. The summed E-state index contributed by atoms with van der Waals surface area (Å²) in [5, 5.41) is 0. The molecule has 2 heterocycles. The van der Waals surface area contributed by atoms with Crippen LogP contribution in [0, 0.1) is 17.3 Å². The van der Waals surface area contributed by atoms with Gasteiger partial charge < -0.3 is 14.4 Å². The van der Waals surface area contributed by atoms with Crippen molar-refractivity contribution in [2.45, 2.75) is 65.6 Å². The molecule has 132 valence electrons. The molecule has 0 spiro atoms. The highest BCUT2D eigenvalue weighted by Crippen LogP contribution is 2.43. The van der Waals surface area contributed by atoms with E-state index in [1.165, 1.54) is 0 Å². The van der Waals surface area contributed by atoms with E-state index < -0.39 is 5.41 Å². The van der Waals surface area contributed by atoms with Crippen LogP contribution < -0.4 is 0 Å². The Balaban J connectivity index is 2.19. The lowest BCUT2D eigenvalue weighted by Gasteiger charge is -2.45. The molecule has 2 aliphatic rings. The van der Waals surface area contributed by atoms with Crippen LogP contribution in [0.3, 0.4) is 0 Å². The van der Waals surface area contributed by atoms with Gasteiger partial charge in [-0.2, -0.15) is 0 Å². The summed E-state index contributed by atoms with van der Waals surface area (Å²) in [5.74, 6) is 0.868. The summed E-state index contributed by atoms with van der Waals surface area (Å²) in [6.45, 7) is 11.3. The summed E-state index contributed by atoms with van der Waals surface area (Å²) in [6, 6.07) is 0. The van der Waals surface area contributed by atoms with E-state index in [1.54, 1.807) is 12.0 Å². The van der Waals surface area contributed by atoms with E-state index in [0.717, 1.165) is 31.6 Å². The van der Waals surface area contributed by atoms with Gasteiger partial charge in [0.15, 0.2) is 0 Å². The van der Waals surface area contributed by atoms with Gasteiger partial charge in [-0.1, -0.05) is 19.9 Å². The molecule has 0 saturated carbocycles. The third-order valence-electron chi connectivity index (χ3n) is 6.01. The SMILES string of the molecule is COC(CC1(C)C(=O)N(C)C(C)=CC1C)C1CCOC(C)(C)C1. The second-order valence-electron chi connectivity index (χ2n) is 8.22. The second kappa shape index (κ2) is 6.56. The van der Waals surface area contributed by atoms with Crippen molar-refractivity contribution in [2.24, 2.45) is 17.3 Å². The van der Waals surface area contributed by atoms with Crippen LogP contribution in [0.2, 0.25) is 0 Å². The summed E-state index contributed by atoms with van der Waals surface area (Å²) in [5.41, 5.74) is 0.536. The Morgan fingerprint density at radius 1 is 1.43 bits per heavy atom. The van der Waals surface area contributed by atoms with Crippen molar-refractivity contribution >= 4 is 5.91 Å². The fraction of sp³-hybridized carbons (Fsp3) is 0.842. The Morgan fingerprint density at radius 3 is 2.65 bits per heavy atom. The van der Waals surface area contributed by atoms with Gasteiger partial charge in [-0.3, -0.25) is 4.79 Å². The Morgan fingerprint density at radius 2 is 2.09 bits per heavy atom. The van der Waals surface area contributed by atoms with Gasteiger partial charge in [-0.25, -0.2) is 0 Å². The van der Waals surface area contributed by atoms with Crippen LogP contribution in [0.1, 0.15) is 53.9 Å². The van der Waals surface area contributed by atoms with Crippen LogP contribution >= 0.6 is 0 Å². The first-order valence-electron chi connectivity index (χ1n) is 8.74. The van der Waals surface area contributed by atoms with E-state index in [9.17, 15) is 4.79 Å². The highest BCUT2D eigenvalue weighted by Gasteiger charge is 2.46. The molecule has 4 heteroatoms. The van der Waals surface area contributed by atoms with E-state index in [-0.39, 0.29) is 23.5 Å². The van der Waals surface area contributed by atoms with Gasteiger partial charge in [0.2, 0.25) is 5.91 Å². The molecule has 2 aliphatic heterocycles. The van der Waals surface area contributed by atoms with Crippen molar-refractivity contribution < 1.29 is 14.3 Å². The molecule has 2 rings (SSSR count). The standard InChI is InChI=1S/C19H33NO3/c1-13-10-14(2)20(6)17(21)19(13,5)12-16(22-7)15-8-9-23-18(3,4)11-15/h10,13,15-16H,8-9,11-12H2,1-7H3. The molecule has 0 aromatic heterocycles. The molecule has 0 aromatic carbocycles. The number of hydrogen-bond donors (Lipinski definition) is 0. The fourth-order valence-electron chi connectivity index (χ4n) is 4.13. The summed E-state index contributed by atoms with van der Waals surface area (Å²) < 4.78 is 11.7. The summed E-state index contributed by atoms with van der Waals surface area (Å²) in [4.78, 5) is 14.7. The number of rotatable bonds is 4. The molecular formula is C19H33NO3. The molecule has 0 bridgehead atoms. The predicted octanol–water partition coefficient (Wildman–Crippen LogP) is 3.61. The Labute approximate surface area is 141 Å². The lowest BCUT2D eigenvalue weighted by Crippen LogP contribution is -2.50. The third kappa shape index (κ3) is 3.63. The zero-order valence-corrected chi connectivity index (χ0v) is 15.8. The minimum atomic E-state index is -0.405. The maximum atomic E-state index is 12.9. The maximum absolute atomic E-state index is 12.9. The van der Waals surface area contributed by atoms with E-state index in [1.807, 2.05) is 14.0 Å². The molecule has 1 amide bonds. The molecule has 0 N–H and O–H groups in total. The number of nitrogens with zero attached hydrogens (tertiary/aromatic N) is 1. The zero-order chi connectivity index (χ0) is 17.4. The highest BCUT2D eigenvalue weighted by molar-refractivity contribution is 5.85. The normalized spacial score (nSPS) is 35.9. The molecular weight excluding hydrogens is 290 g/mol. The van der Waals surface area contributed by atoms with E-state index >= 15 is 0 Å². The predicted molar refractivity (Wildman–Crippen MR) is 92.0 cm³/mol. The van der Waals surface area contributed by atoms with Crippen LogP contribution in [-0.2, 0) is 14.3 Å². The first-order chi connectivity index (χ1) is 10.6. The van der Waals surface area contributed by atoms with Crippen LogP contribution in [0.15, 0.2) is 11.8 Å². The molecule has 4 nitrogen and oxygen atoms in total. The van der Waals surface area contributed by atoms with E-state index in [4.69, 9.17) is 9.47 Å². The number of carbonyl (C=O) groups is 1. The average Bonchev–Trinajstić information content (AvgIpc) is 2.48. The average molecular weight is 323 g/mol. The first-order valence-corrected chi connectivity index (χ1v) is 8.74. The molecule has 1 fully saturated rings. The van der Waals surface area contributed by atoms with Crippen LogP contribution in [0.25, 0.3) is 0 Å². The summed E-state index contributed by atoms with van der Waals surface area (Å²) in [6.07, 6.45) is 5.05. The minimum Gasteiger partial charge on any atom is -0.381 e. The Hall–Kier alpha value is -0.870. The maximum Gasteiger partial charge on any atom is 0.233 e. The largest absolute Gasteiger partial charge is 0.381 e. The van der Waals surface area contributed by atoms with Gasteiger partial charge in [-0.15, -0.1) is 0 Å². The number of carbonyl (C=O) groups excluding carboxylic acids is 1. The van der Waals surface area contributed by atoms with Crippen molar-refractivity contribution in [3.8, 4) is 0 Å². The molecule has 0 radical (unpaired) electrons. The number of methoxy groups -OCH3 is 1. The Kier molecular flexibility index (Phi) is 5.27. The summed E-state index contributed by atoms with van der Waals surface area (Å²) in [7, 11) is 3.65. The third-order valence-corrected chi connectivity index (χ3v) is 6.01. The van der Waals surface area contributed by atoms with Crippen molar-refractivity contribution in [3.63, 3.8) is 0 Å². The van der Waals surface area contributed by atoms with Crippen molar-refractivity contribution in [1.29, 1.82) is 0 Å². The smallest absolute Gasteiger partial charge is 0.233 e. The van der Waals surface area contributed by atoms with Gasteiger partial charge in [-0.05, 0) is 51.9 Å². The van der Waals surface area contributed by atoms with Crippen LogP contribution in [0.4, 0.5) is 0 Å². The van der Waals surface area contributed by atoms with Crippen molar-refractivity contribution in [3.05, 3.63) is 11.8 Å². The van der Waals surface area contributed by atoms with E-state index in [0.29, 0.717) is 5.92 Å². The van der Waals surface area contributed by atoms with Gasteiger partial charge in [0.05, 0.1) is 17.1 Å². The number of hydrogen-bond acceptors (Lipinski definition) is 3. The first kappa shape index (κ1) is 18.5. The van der Waals surface area contributed by atoms with Gasteiger partial charge in [0.25, 0.3) is 0 Å². The van der Waals surface area contributed by atoms with Crippen LogP contribution in [0.5, 0.6) is 0 Å². The second-order valence-corrected chi connectivity index (χ2v) is 8.22. The molecule has 4 atom stereocenters. The molecule has 4 unspecified atom stereocenters. The fourth-order valence-corrected chi connectivity index (χ4v) is 4.13. The number of allylic oxidation sites excluding steroid dienone is 2. The topological polar surface area (TPSA) is 38.8 Å². The lowest BCUT2D eigenvalue weighted by molar-refractivity contribution is -0.147. The molecule has 0 aromatic rings. The monoisotopic (exact) mass is 323 g/mol. The molecule has 23 heavy (non-hydrogen) atoms. The van der Waals surface area contributed by atoms with E-state index in [2.05, 4.69) is 33.8 Å². The minimum absolute atomic E-state index is 0.0924. The lowest BCUT2D eigenvalue weighted by atomic mass is 9.68.